The lowest BCUT2D eigenvalue weighted by atomic mass is 10.2. The van der Waals surface area contributed by atoms with Gasteiger partial charge < -0.3 is 11.1 Å². The van der Waals surface area contributed by atoms with E-state index < -0.39 is 11.6 Å². The Morgan fingerprint density at radius 2 is 1.89 bits per heavy atom. The summed E-state index contributed by atoms with van der Waals surface area (Å²) in [4.78, 5) is 3.98. The Kier molecular flexibility index (Phi) is 3.71. The van der Waals surface area contributed by atoms with Gasteiger partial charge >= 0.3 is 0 Å². The van der Waals surface area contributed by atoms with Crippen molar-refractivity contribution in [3.05, 3.63) is 53.4 Å². The molecule has 6 heteroatoms. The van der Waals surface area contributed by atoms with Gasteiger partial charge in [-0.15, -0.1) is 0 Å². The molecule has 98 valence electrons. The number of hydrogen-bond acceptors (Lipinski definition) is 3. The maximum absolute atomic E-state index is 13.8. The van der Waals surface area contributed by atoms with E-state index in [-0.39, 0.29) is 16.2 Å². The molecule has 1 heterocycles. The molecule has 2 aromatic rings. The van der Waals surface area contributed by atoms with Gasteiger partial charge in [-0.25, -0.2) is 8.78 Å². The molecular weight excluding hydrogens is 268 g/mol. The normalized spacial score (nSPS) is 10.3. The van der Waals surface area contributed by atoms with Gasteiger partial charge in [0, 0.05) is 11.3 Å². The van der Waals surface area contributed by atoms with Crippen LogP contribution in [0, 0.1) is 18.6 Å². The molecule has 0 radical (unpaired) electrons. The highest BCUT2D eigenvalue weighted by Gasteiger charge is 2.12. The number of nitrogens with one attached hydrogen (secondary N) is 1. The smallest absolute Gasteiger partial charge is 0.150 e. The molecular formula is C13H11F2N3S. The molecule has 0 spiro atoms. The molecule has 3 N–H and O–H groups in total. The maximum Gasteiger partial charge on any atom is 0.150 e. The Bertz CT molecular complexity index is 603. The molecule has 19 heavy (non-hydrogen) atoms. The van der Waals surface area contributed by atoms with E-state index in [0.717, 1.165) is 17.8 Å². The van der Waals surface area contributed by atoms with Crippen LogP contribution in [0.4, 0.5) is 20.2 Å². The number of nitrogens with zero attached hydrogens (tertiary/aromatic N) is 1. The first kappa shape index (κ1) is 13.4. The van der Waals surface area contributed by atoms with Crippen LogP contribution in [0.2, 0.25) is 0 Å². The Morgan fingerprint density at radius 3 is 2.37 bits per heavy atom. The number of thiocarbonyl (C=S) groups is 1. The molecule has 0 fully saturated rings. The van der Waals surface area contributed by atoms with Crippen molar-refractivity contribution in [2.75, 3.05) is 5.32 Å². The number of pyridine rings is 1. The van der Waals surface area contributed by atoms with Crippen molar-refractivity contribution in [1.29, 1.82) is 0 Å². The second kappa shape index (κ2) is 5.27. The van der Waals surface area contributed by atoms with Crippen molar-refractivity contribution < 1.29 is 8.78 Å². The SMILES string of the molecule is Cc1ccc(Nc2c(F)cc(C(N)=S)cc2F)cn1. The van der Waals surface area contributed by atoms with Gasteiger partial charge in [0.2, 0.25) is 0 Å². The number of rotatable bonds is 3. The van der Waals surface area contributed by atoms with Crippen molar-refractivity contribution >= 4 is 28.6 Å². The summed E-state index contributed by atoms with van der Waals surface area (Å²) in [6.45, 7) is 1.82. The predicted octanol–water partition coefficient (Wildman–Crippen LogP) is 3.05. The van der Waals surface area contributed by atoms with E-state index in [2.05, 4.69) is 22.5 Å². The third kappa shape index (κ3) is 3.03. The first-order valence-electron chi connectivity index (χ1n) is 5.46. The van der Waals surface area contributed by atoms with Crippen LogP contribution in [-0.2, 0) is 0 Å². The van der Waals surface area contributed by atoms with Crippen LogP contribution in [0.25, 0.3) is 0 Å². The number of benzene rings is 1. The fraction of sp³-hybridized carbons (Fsp3) is 0.0769. The molecule has 1 aromatic heterocycles. The monoisotopic (exact) mass is 279 g/mol. The Morgan fingerprint density at radius 1 is 1.26 bits per heavy atom. The molecule has 0 aliphatic rings. The minimum absolute atomic E-state index is 0.0543. The van der Waals surface area contributed by atoms with Crippen molar-refractivity contribution in [3.8, 4) is 0 Å². The summed E-state index contributed by atoms with van der Waals surface area (Å²) >= 11 is 4.68. The second-order valence-electron chi connectivity index (χ2n) is 3.99. The third-order valence-electron chi connectivity index (χ3n) is 2.51. The predicted molar refractivity (Wildman–Crippen MR) is 74.5 cm³/mol. The molecule has 0 amide bonds. The lowest BCUT2D eigenvalue weighted by molar-refractivity contribution is 0.590. The summed E-state index contributed by atoms with van der Waals surface area (Å²) in [6, 6.07) is 5.61. The minimum Gasteiger partial charge on any atom is -0.389 e. The first-order chi connectivity index (χ1) is 8.97. The third-order valence-corrected chi connectivity index (χ3v) is 2.74. The van der Waals surface area contributed by atoms with Crippen molar-refractivity contribution in [2.45, 2.75) is 6.92 Å². The molecule has 0 aliphatic heterocycles. The number of aryl methyl sites for hydroxylation is 1. The molecule has 1 aromatic carbocycles. The summed E-state index contributed by atoms with van der Waals surface area (Å²) in [7, 11) is 0. The van der Waals surface area contributed by atoms with Crippen LogP contribution in [0.15, 0.2) is 30.5 Å². The summed E-state index contributed by atoms with van der Waals surface area (Å²) in [5, 5.41) is 2.64. The molecule has 0 saturated heterocycles. The molecule has 3 nitrogen and oxygen atoms in total. The van der Waals surface area contributed by atoms with E-state index in [1.165, 1.54) is 6.20 Å². The highest BCUT2D eigenvalue weighted by Crippen LogP contribution is 2.24. The van der Waals surface area contributed by atoms with E-state index in [4.69, 9.17) is 5.73 Å². The fourth-order valence-corrected chi connectivity index (χ4v) is 1.64. The number of halogens is 2. The fourth-order valence-electron chi connectivity index (χ4n) is 1.52. The average Bonchev–Trinajstić information content (AvgIpc) is 2.35. The molecule has 0 unspecified atom stereocenters. The topological polar surface area (TPSA) is 50.9 Å². The van der Waals surface area contributed by atoms with Gasteiger partial charge in [-0.1, -0.05) is 12.2 Å². The van der Waals surface area contributed by atoms with Crippen LogP contribution in [0.5, 0.6) is 0 Å². The Balaban J connectivity index is 2.35. The van der Waals surface area contributed by atoms with Crippen molar-refractivity contribution in [2.24, 2.45) is 5.73 Å². The lowest BCUT2D eigenvalue weighted by Gasteiger charge is -2.10. The van der Waals surface area contributed by atoms with E-state index in [1.54, 1.807) is 12.1 Å². The van der Waals surface area contributed by atoms with Gasteiger partial charge in [0.05, 0.1) is 11.9 Å². The van der Waals surface area contributed by atoms with Gasteiger partial charge in [-0.2, -0.15) is 0 Å². The summed E-state index contributed by atoms with van der Waals surface area (Å²) in [6.07, 6.45) is 1.50. The van der Waals surface area contributed by atoms with Gasteiger partial charge in [0.1, 0.15) is 22.3 Å². The van der Waals surface area contributed by atoms with Crippen molar-refractivity contribution in [1.82, 2.24) is 4.98 Å². The van der Waals surface area contributed by atoms with Gasteiger partial charge in [0.25, 0.3) is 0 Å². The maximum atomic E-state index is 13.8. The van der Waals surface area contributed by atoms with E-state index in [0.29, 0.717) is 5.69 Å². The highest BCUT2D eigenvalue weighted by atomic mass is 32.1. The van der Waals surface area contributed by atoms with Gasteiger partial charge in [-0.3, -0.25) is 4.98 Å². The number of hydrogen-bond donors (Lipinski definition) is 2. The zero-order chi connectivity index (χ0) is 14.0. The molecule has 0 saturated carbocycles. The number of nitrogens with two attached hydrogens (primary N) is 1. The van der Waals surface area contributed by atoms with E-state index in [9.17, 15) is 8.78 Å². The van der Waals surface area contributed by atoms with Gasteiger partial charge in [-0.05, 0) is 31.2 Å². The summed E-state index contributed by atoms with van der Waals surface area (Å²) in [5.41, 5.74) is 6.54. The Labute approximate surface area is 114 Å². The minimum atomic E-state index is -0.761. The average molecular weight is 279 g/mol. The molecule has 0 bridgehead atoms. The lowest BCUT2D eigenvalue weighted by Crippen LogP contribution is -2.11. The van der Waals surface area contributed by atoms with Crippen LogP contribution < -0.4 is 11.1 Å². The molecule has 0 aliphatic carbocycles. The van der Waals surface area contributed by atoms with E-state index >= 15 is 0 Å². The summed E-state index contributed by atoms with van der Waals surface area (Å²) < 4.78 is 27.6. The number of aromatic nitrogens is 1. The van der Waals surface area contributed by atoms with Crippen molar-refractivity contribution in [3.63, 3.8) is 0 Å². The first-order valence-corrected chi connectivity index (χ1v) is 5.86. The quantitative estimate of drug-likeness (QED) is 0.848. The second-order valence-corrected chi connectivity index (χ2v) is 4.43. The van der Waals surface area contributed by atoms with Crippen LogP contribution >= 0.6 is 12.2 Å². The van der Waals surface area contributed by atoms with Crippen LogP contribution in [0.1, 0.15) is 11.3 Å². The zero-order valence-corrected chi connectivity index (χ0v) is 10.9. The van der Waals surface area contributed by atoms with Crippen LogP contribution in [-0.4, -0.2) is 9.97 Å². The largest absolute Gasteiger partial charge is 0.389 e. The van der Waals surface area contributed by atoms with E-state index in [1.807, 2.05) is 6.92 Å². The zero-order valence-electron chi connectivity index (χ0n) is 10.1. The summed E-state index contributed by atoms with van der Waals surface area (Å²) in [5.74, 6) is -1.52. The number of anilines is 2. The molecule has 0 atom stereocenters. The standard InChI is InChI=1S/C13H11F2N3S/c1-7-2-3-9(6-17-7)18-12-10(14)4-8(13(16)19)5-11(12)15/h2-6,18H,1H3,(H2,16,19). The molecule has 2 rings (SSSR count). The Hall–Kier alpha value is -2.08. The highest BCUT2D eigenvalue weighted by molar-refractivity contribution is 7.80. The van der Waals surface area contributed by atoms with Crippen LogP contribution in [0.3, 0.4) is 0 Å². The van der Waals surface area contributed by atoms with Gasteiger partial charge in [0.15, 0.2) is 0 Å².